The SMILES string of the molecule is CC(=O)NC(Cc1ccc(OC(=O)OCC(=O)C2(O)[C@@H](C)C[C@H]3[C@@H]4CC=C5CC(=O)C=C[C@]5(C)[C@@]4(Cl)[C@@H](O)C[C@@]32C)cc1)C(=O)OCCCCO[N+](=O)[O-]. The number of alkyl halides is 1. The van der Waals surface area contributed by atoms with Crippen LogP contribution in [0.15, 0.2) is 48.1 Å². The Labute approximate surface area is 317 Å². The van der Waals surface area contributed by atoms with E-state index >= 15 is 0 Å². The third kappa shape index (κ3) is 7.50. The van der Waals surface area contributed by atoms with Crippen LogP contribution in [0.4, 0.5) is 4.79 Å². The Morgan fingerprint density at radius 1 is 1.09 bits per heavy atom. The number of allylic oxidation sites excluding steroid dienone is 4. The monoisotopic (exact) mass is 774 g/mol. The van der Waals surface area contributed by atoms with Crippen molar-refractivity contribution in [2.45, 2.75) is 95.3 Å². The van der Waals surface area contributed by atoms with Gasteiger partial charge in [0, 0.05) is 30.6 Å². The van der Waals surface area contributed by atoms with Crippen LogP contribution in [0, 0.1) is 38.7 Å². The molecule has 54 heavy (non-hydrogen) atoms. The van der Waals surface area contributed by atoms with Crippen molar-refractivity contribution < 1.29 is 58.3 Å². The number of unbranched alkanes of at least 4 members (excludes halogenated alkanes) is 1. The lowest BCUT2D eigenvalue weighted by atomic mass is 9.46. The average Bonchev–Trinajstić information content (AvgIpc) is 3.31. The molecule has 0 radical (unpaired) electrons. The van der Waals surface area contributed by atoms with Gasteiger partial charge in [0.1, 0.15) is 17.4 Å². The zero-order valence-electron chi connectivity index (χ0n) is 30.7. The zero-order chi connectivity index (χ0) is 39.6. The first-order chi connectivity index (χ1) is 25.4. The van der Waals surface area contributed by atoms with E-state index in [-0.39, 0.29) is 55.8 Å². The predicted octanol–water partition coefficient (Wildman–Crippen LogP) is 3.97. The van der Waals surface area contributed by atoms with Crippen LogP contribution in [-0.4, -0.2) is 87.3 Å². The van der Waals surface area contributed by atoms with Crippen molar-refractivity contribution in [3.63, 3.8) is 0 Å². The molecule has 0 spiro atoms. The third-order valence-corrected chi connectivity index (χ3v) is 13.1. The number of fused-ring (bicyclic) bond motifs is 5. The van der Waals surface area contributed by atoms with Gasteiger partial charge in [0.2, 0.25) is 11.7 Å². The van der Waals surface area contributed by atoms with E-state index in [9.17, 15) is 44.3 Å². The molecule has 4 aliphatic carbocycles. The molecule has 5 rings (SSSR count). The minimum atomic E-state index is -1.95. The van der Waals surface area contributed by atoms with Crippen molar-refractivity contribution in [2.75, 3.05) is 19.8 Å². The summed E-state index contributed by atoms with van der Waals surface area (Å²) in [4.78, 5) is 76.4. The van der Waals surface area contributed by atoms with Gasteiger partial charge in [-0.2, -0.15) is 0 Å². The number of Topliss-reactive ketones (excluding diaryl/α,β-unsaturated/α-hetero) is 1. The summed E-state index contributed by atoms with van der Waals surface area (Å²) >= 11 is 7.46. The number of hydrogen-bond acceptors (Lipinski definition) is 13. The number of benzene rings is 1. The van der Waals surface area contributed by atoms with E-state index in [0.717, 1.165) is 5.57 Å². The summed E-state index contributed by atoms with van der Waals surface area (Å²) in [7, 11) is 0. The summed E-state index contributed by atoms with van der Waals surface area (Å²) in [5, 5.41) is 35.8. The number of aliphatic hydroxyl groups is 2. The van der Waals surface area contributed by atoms with Crippen molar-refractivity contribution in [3.8, 4) is 5.75 Å². The van der Waals surface area contributed by atoms with Gasteiger partial charge in [0.15, 0.2) is 12.4 Å². The topological polar surface area (TPSA) is 218 Å². The number of esters is 1. The minimum absolute atomic E-state index is 0.0215. The number of halogens is 1. The number of carbonyl (C=O) groups is 5. The first-order valence-corrected chi connectivity index (χ1v) is 18.4. The molecule has 3 N–H and O–H groups in total. The molecule has 1 aromatic rings. The molecule has 2 unspecified atom stereocenters. The molecule has 4 aliphatic rings. The fourth-order valence-electron chi connectivity index (χ4n) is 9.39. The minimum Gasteiger partial charge on any atom is -0.464 e. The molecule has 2 fully saturated rings. The summed E-state index contributed by atoms with van der Waals surface area (Å²) in [6.45, 7) is 5.80. The highest BCUT2D eigenvalue weighted by atomic mass is 35.5. The molecule has 0 bridgehead atoms. The van der Waals surface area contributed by atoms with Crippen LogP contribution in [-0.2, 0) is 39.9 Å². The maximum Gasteiger partial charge on any atom is 0.514 e. The Morgan fingerprint density at radius 2 is 1.78 bits per heavy atom. The van der Waals surface area contributed by atoms with Gasteiger partial charge in [0.25, 0.3) is 5.09 Å². The molecule has 2 saturated carbocycles. The number of nitrogens with zero attached hydrogens (tertiary/aromatic N) is 1. The number of ether oxygens (including phenoxy) is 3. The van der Waals surface area contributed by atoms with Gasteiger partial charge in [-0.25, -0.2) is 9.59 Å². The first kappa shape index (κ1) is 40.8. The normalized spacial score (nSPS) is 32.9. The van der Waals surface area contributed by atoms with Gasteiger partial charge in [-0.05, 0) is 73.6 Å². The lowest BCUT2D eigenvalue weighted by molar-refractivity contribution is -0.757. The highest BCUT2D eigenvalue weighted by Gasteiger charge is 2.74. The summed E-state index contributed by atoms with van der Waals surface area (Å²) in [5.41, 5.74) is -2.38. The number of aliphatic hydroxyl groups excluding tert-OH is 1. The lowest BCUT2D eigenvalue weighted by Crippen LogP contribution is -2.68. The molecule has 0 aliphatic heterocycles. The molecular weight excluding hydrogens is 728 g/mol. The van der Waals surface area contributed by atoms with Crippen LogP contribution in [0.25, 0.3) is 0 Å². The summed E-state index contributed by atoms with van der Waals surface area (Å²) in [6, 6.07) is 4.97. The Balaban J connectivity index is 1.17. The van der Waals surface area contributed by atoms with E-state index < -0.39 is 74.9 Å². The molecule has 0 aromatic heterocycles. The summed E-state index contributed by atoms with van der Waals surface area (Å²) < 4.78 is 15.7. The average molecular weight is 775 g/mol. The van der Waals surface area contributed by atoms with Gasteiger partial charge >= 0.3 is 12.1 Å². The standard InChI is InChI=1S/C38H47ClN2O13/c1-22-17-29-28-12-9-25-19-26(43)13-14-35(25,3)37(28,39)31(44)20-36(29,4)38(22,48)32(45)21-52-34(47)54-27-10-7-24(8-11-27)18-30(40-23(2)42)33(46)51-15-5-6-16-53-41(49)50/h7-11,13-14,22,28-31,44,48H,5-6,12,15-21H2,1-4H3,(H,40,42)/t22-,28-,29-,30?,31-,35-,36-,37-,38?/m0/s1. The Kier molecular flexibility index (Phi) is 11.9. The number of amides is 1. The van der Waals surface area contributed by atoms with E-state index in [2.05, 4.69) is 10.2 Å². The van der Waals surface area contributed by atoms with Crippen molar-refractivity contribution in [2.24, 2.45) is 28.6 Å². The van der Waals surface area contributed by atoms with Crippen LogP contribution < -0.4 is 10.1 Å². The Hall–Kier alpha value is -4.34. The van der Waals surface area contributed by atoms with Crippen LogP contribution in [0.5, 0.6) is 5.75 Å². The van der Waals surface area contributed by atoms with E-state index in [0.29, 0.717) is 31.2 Å². The molecular formula is C38H47ClN2O13. The number of ketones is 2. The molecule has 1 amide bonds. The zero-order valence-corrected chi connectivity index (χ0v) is 31.5. The molecule has 9 atom stereocenters. The van der Waals surface area contributed by atoms with Crippen molar-refractivity contribution >= 4 is 41.2 Å². The van der Waals surface area contributed by atoms with E-state index in [1.165, 1.54) is 25.1 Å². The molecule has 16 heteroatoms. The summed E-state index contributed by atoms with van der Waals surface area (Å²) in [6.07, 6.45) is 4.84. The Bertz CT molecular complexity index is 1730. The summed E-state index contributed by atoms with van der Waals surface area (Å²) in [5.74, 6) is -2.96. The second-order valence-corrected chi connectivity index (χ2v) is 15.9. The molecule has 1 aromatic carbocycles. The smallest absolute Gasteiger partial charge is 0.464 e. The number of carbonyl (C=O) groups excluding carboxylic acids is 5. The van der Waals surface area contributed by atoms with Crippen LogP contribution in [0.1, 0.15) is 71.8 Å². The van der Waals surface area contributed by atoms with Crippen molar-refractivity contribution in [1.29, 1.82) is 0 Å². The molecule has 294 valence electrons. The van der Waals surface area contributed by atoms with Gasteiger partial charge < -0.3 is 34.6 Å². The van der Waals surface area contributed by atoms with Gasteiger partial charge in [-0.3, -0.25) is 14.4 Å². The van der Waals surface area contributed by atoms with Gasteiger partial charge in [-0.1, -0.05) is 50.6 Å². The highest BCUT2D eigenvalue weighted by Crippen LogP contribution is 2.70. The number of nitrogens with one attached hydrogen (secondary N) is 1. The van der Waals surface area contributed by atoms with Crippen molar-refractivity contribution in [1.82, 2.24) is 5.32 Å². The van der Waals surface area contributed by atoms with Crippen LogP contribution >= 0.6 is 11.6 Å². The van der Waals surface area contributed by atoms with Crippen LogP contribution in [0.2, 0.25) is 0 Å². The molecule has 15 nitrogen and oxygen atoms in total. The maximum atomic E-state index is 13.8. The second-order valence-electron chi connectivity index (χ2n) is 15.3. The van der Waals surface area contributed by atoms with Gasteiger partial charge in [0.05, 0.1) is 24.2 Å². The van der Waals surface area contributed by atoms with Gasteiger partial charge in [-0.15, -0.1) is 21.7 Å². The van der Waals surface area contributed by atoms with Crippen LogP contribution in [0.3, 0.4) is 0 Å². The predicted molar refractivity (Wildman–Crippen MR) is 190 cm³/mol. The fraction of sp³-hybridized carbons (Fsp3) is 0.605. The van der Waals surface area contributed by atoms with E-state index in [1.54, 1.807) is 32.1 Å². The van der Waals surface area contributed by atoms with E-state index in [1.807, 2.05) is 13.0 Å². The van der Waals surface area contributed by atoms with Crippen molar-refractivity contribution in [3.05, 3.63) is 63.7 Å². The quantitative estimate of drug-likeness (QED) is 0.0464. The third-order valence-electron chi connectivity index (χ3n) is 12.1. The number of hydrogen-bond donors (Lipinski definition) is 3. The van der Waals surface area contributed by atoms with E-state index in [4.69, 9.17) is 25.8 Å². The molecule has 0 saturated heterocycles. The number of rotatable bonds is 14. The second kappa shape index (κ2) is 15.8. The fourth-order valence-corrected chi connectivity index (χ4v) is 9.89. The maximum absolute atomic E-state index is 13.8. The molecule has 0 heterocycles. The lowest BCUT2D eigenvalue weighted by Gasteiger charge is -2.63. The Morgan fingerprint density at radius 3 is 2.44 bits per heavy atom. The first-order valence-electron chi connectivity index (χ1n) is 18.1. The largest absolute Gasteiger partial charge is 0.514 e. The highest BCUT2D eigenvalue weighted by molar-refractivity contribution is 6.26.